The zero-order valence-electron chi connectivity index (χ0n) is 12.8. The minimum atomic E-state index is -3.42. The van der Waals surface area contributed by atoms with Crippen molar-refractivity contribution in [2.24, 2.45) is 0 Å². The Morgan fingerprint density at radius 2 is 2.10 bits per heavy atom. The third-order valence-electron chi connectivity index (χ3n) is 4.03. The second kappa shape index (κ2) is 5.85. The lowest BCUT2D eigenvalue weighted by Crippen LogP contribution is -2.43. The first-order valence-corrected chi connectivity index (χ1v) is 8.89. The summed E-state index contributed by atoms with van der Waals surface area (Å²) in [5.41, 5.74) is 0.596. The highest BCUT2D eigenvalue weighted by atomic mass is 32.2. The first-order valence-electron chi connectivity index (χ1n) is 7.45. The predicted molar refractivity (Wildman–Crippen MR) is 79.2 cm³/mol. The van der Waals surface area contributed by atoms with E-state index in [1.54, 1.807) is 22.1 Å². The minimum absolute atomic E-state index is 0.135. The molecule has 5 nitrogen and oxygen atoms in total. The van der Waals surface area contributed by atoms with Gasteiger partial charge in [-0.3, -0.25) is 4.68 Å². The van der Waals surface area contributed by atoms with Gasteiger partial charge in [-0.1, -0.05) is 13.3 Å². The molecule has 1 aliphatic rings. The van der Waals surface area contributed by atoms with Gasteiger partial charge in [0.2, 0.25) is 10.0 Å². The first kappa shape index (κ1) is 15.5. The molecule has 0 N–H and O–H groups in total. The Morgan fingerprint density at radius 3 is 2.65 bits per heavy atom. The molecule has 20 heavy (non-hydrogen) atoms. The van der Waals surface area contributed by atoms with Gasteiger partial charge in [-0.2, -0.15) is 9.40 Å². The van der Waals surface area contributed by atoms with E-state index in [-0.39, 0.29) is 12.1 Å². The highest BCUT2D eigenvalue weighted by Crippen LogP contribution is 2.28. The SMILES string of the molecule is CCC1CCCCN1S(=O)(=O)c1cn(C(C)C)nc1C. The average Bonchev–Trinajstić information content (AvgIpc) is 2.81. The van der Waals surface area contributed by atoms with Crippen LogP contribution in [0.15, 0.2) is 11.1 Å². The van der Waals surface area contributed by atoms with E-state index in [9.17, 15) is 8.42 Å². The van der Waals surface area contributed by atoms with Crippen LogP contribution in [0.4, 0.5) is 0 Å². The van der Waals surface area contributed by atoms with Gasteiger partial charge >= 0.3 is 0 Å². The normalized spacial score (nSPS) is 21.6. The number of sulfonamides is 1. The summed E-state index contributed by atoms with van der Waals surface area (Å²) in [4.78, 5) is 0.367. The zero-order valence-corrected chi connectivity index (χ0v) is 13.7. The molecular weight excluding hydrogens is 274 g/mol. The Morgan fingerprint density at radius 1 is 1.40 bits per heavy atom. The van der Waals surface area contributed by atoms with E-state index >= 15 is 0 Å². The van der Waals surface area contributed by atoms with Gasteiger partial charge < -0.3 is 0 Å². The number of aromatic nitrogens is 2. The lowest BCUT2D eigenvalue weighted by Gasteiger charge is -2.33. The molecule has 0 aliphatic carbocycles. The van der Waals surface area contributed by atoms with Crippen LogP contribution in [0.3, 0.4) is 0 Å². The molecule has 1 aromatic heterocycles. The standard InChI is InChI=1S/C14H25N3O2S/c1-5-13-8-6-7-9-17(13)20(18,19)14-10-16(11(2)3)15-12(14)4/h10-11,13H,5-9H2,1-4H3. The Bertz CT molecular complexity index is 563. The van der Waals surface area contributed by atoms with Crippen LogP contribution in [0.25, 0.3) is 0 Å². The molecule has 1 fully saturated rings. The average molecular weight is 299 g/mol. The Balaban J connectivity index is 2.38. The molecule has 1 unspecified atom stereocenters. The molecule has 0 radical (unpaired) electrons. The Kier molecular flexibility index (Phi) is 4.54. The van der Waals surface area contributed by atoms with E-state index in [1.165, 1.54) is 0 Å². The number of hydrogen-bond acceptors (Lipinski definition) is 3. The van der Waals surface area contributed by atoms with Crippen molar-refractivity contribution in [1.82, 2.24) is 14.1 Å². The number of aryl methyl sites for hydroxylation is 1. The van der Waals surface area contributed by atoms with Crippen LogP contribution in [0.2, 0.25) is 0 Å². The van der Waals surface area contributed by atoms with Crippen molar-refractivity contribution in [3.63, 3.8) is 0 Å². The van der Waals surface area contributed by atoms with Gasteiger partial charge in [0.1, 0.15) is 4.90 Å². The van der Waals surface area contributed by atoms with Gasteiger partial charge in [0.05, 0.1) is 5.69 Å². The summed E-state index contributed by atoms with van der Waals surface area (Å²) >= 11 is 0. The van der Waals surface area contributed by atoms with E-state index < -0.39 is 10.0 Å². The van der Waals surface area contributed by atoms with Gasteiger partial charge in [0.15, 0.2) is 0 Å². The van der Waals surface area contributed by atoms with E-state index in [2.05, 4.69) is 12.0 Å². The fourth-order valence-electron chi connectivity index (χ4n) is 2.81. The number of hydrogen-bond donors (Lipinski definition) is 0. The minimum Gasteiger partial charge on any atom is -0.269 e. The maximum absolute atomic E-state index is 12.9. The molecule has 0 saturated carbocycles. The van der Waals surface area contributed by atoms with Crippen molar-refractivity contribution < 1.29 is 8.42 Å². The molecule has 1 aliphatic heterocycles. The van der Waals surface area contributed by atoms with Crippen LogP contribution < -0.4 is 0 Å². The monoisotopic (exact) mass is 299 g/mol. The third-order valence-corrected chi connectivity index (χ3v) is 6.09. The van der Waals surface area contributed by atoms with Crippen molar-refractivity contribution in [3.8, 4) is 0 Å². The summed E-state index contributed by atoms with van der Waals surface area (Å²) in [5, 5.41) is 4.33. The number of nitrogens with zero attached hydrogens (tertiary/aromatic N) is 3. The summed E-state index contributed by atoms with van der Waals surface area (Å²) in [6.07, 6.45) is 5.59. The molecule has 0 amide bonds. The molecule has 2 rings (SSSR count). The molecule has 1 saturated heterocycles. The van der Waals surface area contributed by atoms with Crippen molar-refractivity contribution in [2.45, 2.75) is 70.4 Å². The summed E-state index contributed by atoms with van der Waals surface area (Å²) in [6, 6.07) is 0.302. The molecule has 1 aromatic rings. The summed E-state index contributed by atoms with van der Waals surface area (Å²) < 4.78 is 29.2. The second-order valence-electron chi connectivity index (χ2n) is 5.83. The lowest BCUT2D eigenvalue weighted by atomic mass is 10.0. The number of piperidine rings is 1. The summed E-state index contributed by atoms with van der Waals surface area (Å²) in [5.74, 6) is 0. The van der Waals surface area contributed by atoms with Crippen molar-refractivity contribution in [1.29, 1.82) is 0 Å². The molecule has 6 heteroatoms. The van der Waals surface area contributed by atoms with Crippen LogP contribution >= 0.6 is 0 Å². The van der Waals surface area contributed by atoms with Crippen molar-refractivity contribution >= 4 is 10.0 Å². The summed E-state index contributed by atoms with van der Waals surface area (Å²) in [6.45, 7) is 8.46. The summed E-state index contributed by atoms with van der Waals surface area (Å²) in [7, 11) is -3.42. The smallest absolute Gasteiger partial charge is 0.246 e. The molecule has 114 valence electrons. The maximum Gasteiger partial charge on any atom is 0.246 e. The van der Waals surface area contributed by atoms with Crippen LogP contribution in [0.5, 0.6) is 0 Å². The third kappa shape index (κ3) is 2.76. The first-order chi connectivity index (χ1) is 9.37. The fourth-order valence-corrected chi connectivity index (χ4v) is 4.73. The molecule has 2 heterocycles. The quantitative estimate of drug-likeness (QED) is 0.859. The lowest BCUT2D eigenvalue weighted by molar-refractivity contribution is 0.246. The van der Waals surface area contributed by atoms with E-state index in [4.69, 9.17) is 0 Å². The van der Waals surface area contributed by atoms with E-state index in [0.29, 0.717) is 17.1 Å². The molecule has 1 atom stereocenters. The molecular formula is C14H25N3O2S. The van der Waals surface area contributed by atoms with Gasteiger partial charge in [-0.25, -0.2) is 8.42 Å². The molecule has 0 bridgehead atoms. The van der Waals surface area contributed by atoms with Gasteiger partial charge in [0.25, 0.3) is 0 Å². The highest BCUT2D eigenvalue weighted by Gasteiger charge is 2.34. The molecule has 0 spiro atoms. The van der Waals surface area contributed by atoms with Gasteiger partial charge in [0, 0.05) is 24.8 Å². The predicted octanol–water partition coefficient (Wildman–Crippen LogP) is 2.73. The fraction of sp³-hybridized carbons (Fsp3) is 0.786. The maximum atomic E-state index is 12.9. The Hall–Kier alpha value is -0.880. The van der Waals surface area contributed by atoms with Crippen LogP contribution in [0, 0.1) is 6.92 Å². The van der Waals surface area contributed by atoms with E-state index in [0.717, 1.165) is 25.7 Å². The van der Waals surface area contributed by atoms with Crippen LogP contribution in [0.1, 0.15) is 58.2 Å². The van der Waals surface area contributed by atoms with E-state index in [1.807, 2.05) is 13.8 Å². The Labute approximate surface area is 122 Å². The van der Waals surface area contributed by atoms with Crippen LogP contribution in [-0.2, 0) is 10.0 Å². The van der Waals surface area contributed by atoms with Gasteiger partial charge in [-0.05, 0) is 40.0 Å². The number of rotatable bonds is 4. The van der Waals surface area contributed by atoms with Crippen molar-refractivity contribution in [3.05, 3.63) is 11.9 Å². The second-order valence-corrected chi connectivity index (χ2v) is 7.69. The van der Waals surface area contributed by atoms with Gasteiger partial charge in [-0.15, -0.1) is 0 Å². The highest BCUT2D eigenvalue weighted by molar-refractivity contribution is 7.89. The molecule has 0 aromatic carbocycles. The van der Waals surface area contributed by atoms with Crippen LogP contribution in [-0.4, -0.2) is 35.1 Å². The zero-order chi connectivity index (χ0) is 14.9. The van der Waals surface area contributed by atoms with Crippen molar-refractivity contribution in [2.75, 3.05) is 6.54 Å². The topological polar surface area (TPSA) is 55.2 Å². The largest absolute Gasteiger partial charge is 0.269 e.